The number of rotatable bonds is 2. The summed E-state index contributed by atoms with van der Waals surface area (Å²) >= 11 is 0. The van der Waals surface area contributed by atoms with Crippen LogP contribution in [0.15, 0.2) is 84.9 Å². The van der Waals surface area contributed by atoms with Crippen LogP contribution in [0.25, 0.3) is 44.6 Å². The fraction of sp³-hybridized carbons (Fsp3) is 0. The number of para-hydroxylation sites is 1. The molecule has 0 spiro atoms. The Morgan fingerprint density at radius 3 is 2.33 bits per heavy atom. The average Bonchev–Trinajstić information content (AvgIpc) is 2.73. The van der Waals surface area contributed by atoms with Crippen LogP contribution >= 0.6 is 0 Å². The quantitative estimate of drug-likeness (QED) is 0.412. The molecule has 0 N–H and O–H groups in total. The van der Waals surface area contributed by atoms with Gasteiger partial charge in [0.25, 0.3) is 0 Å². The molecule has 0 atom stereocenters. The second-order valence-electron chi connectivity index (χ2n) is 6.31. The van der Waals surface area contributed by atoms with Crippen molar-refractivity contribution in [2.75, 3.05) is 0 Å². The van der Waals surface area contributed by atoms with Crippen molar-refractivity contribution in [3.05, 3.63) is 90.7 Å². The van der Waals surface area contributed by atoms with E-state index < -0.39 is 0 Å². The Morgan fingerprint density at radius 2 is 1.44 bits per heavy atom. The van der Waals surface area contributed by atoms with E-state index >= 15 is 0 Å². The minimum Gasteiger partial charge on any atom is -0.244 e. The van der Waals surface area contributed by atoms with E-state index in [9.17, 15) is 4.39 Å². The summed E-state index contributed by atoms with van der Waals surface area (Å²) in [5.74, 6) is 0.282. The van der Waals surface area contributed by atoms with E-state index in [0.717, 1.165) is 27.5 Å². The summed E-state index contributed by atoms with van der Waals surface area (Å²) in [5.41, 5.74) is 4.14. The van der Waals surface area contributed by atoms with Crippen molar-refractivity contribution in [2.24, 2.45) is 0 Å². The standard InChI is InChI=1S/C23H14FN3/c24-17-11-13-19-16(14-17)10-12-21(25-19)23-26-20-9-5-4-8-18(20)22(27-23)15-6-2-1-3-7-15/h1-14H. The lowest BCUT2D eigenvalue weighted by atomic mass is 10.1. The van der Waals surface area contributed by atoms with Crippen molar-refractivity contribution in [1.29, 1.82) is 0 Å². The minimum absolute atomic E-state index is 0.273. The summed E-state index contributed by atoms with van der Waals surface area (Å²) in [6.45, 7) is 0. The van der Waals surface area contributed by atoms with Crippen molar-refractivity contribution < 1.29 is 4.39 Å². The van der Waals surface area contributed by atoms with Gasteiger partial charge in [0.15, 0.2) is 5.82 Å². The van der Waals surface area contributed by atoms with E-state index in [0.29, 0.717) is 17.0 Å². The van der Waals surface area contributed by atoms with Crippen LogP contribution in [0.5, 0.6) is 0 Å². The summed E-state index contributed by atoms with van der Waals surface area (Å²) < 4.78 is 13.4. The van der Waals surface area contributed by atoms with Gasteiger partial charge in [0.05, 0.1) is 16.7 Å². The van der Waals surface area contributed by atoms with E-state index in [1.807, 2.05) is 66.7 Å². The summed E-state index contributed by atoms with van der Waals surface area (Å²) in [6, 6.07) is 26.2. The Balaban J connectivity index is 1.75. The largest absolute Gasteiger partial charge is 0.244 e. The second kappa shape index (κ2) is 6.25. The number of hydrogen-bond acceptors (Lipinski definition) is 3. The minimum atomic E-state index is -0.273. The first-order valence-corrected chi connectivity index (χ1v) is 8.67. The van der Waals surface area contributed by atoms with Crippen LogP contribution in [-0.4, -0.2) is 15.0 Å². The summed E-state index contributed by atoms with van der Waals surface area (Å²) in [4.78, 5) is 14.2. The van der Waals surface area contributed by atoms with Crippen LogP contribution in [-0.2, 0) is 0 Å². The lowest BCUT2D eigenvalue weighted by molar-refractivity contribution is 0.629. The molecule has 0 amide bonds. The zero-order valence-electron chi connectivity index (χ0n) is 14.3. The number of benzene rings is 3. The maximum atomic E-state index is 13.4. The van der Waals surface area contributed by atoms with E-state index in [-0.39, 0.29) is 5.82 Å². The van der Waals surface area contributed by atoms with Gasteiger partial charge in [-0.05, 0) is 30.3 Å². The monoisotopic (exact) mass is 351 g/mol. The SMILES string of the molecule is Fc1ccc2nc(-c3nc(-c4ccccc4)c4ccccc4n3)ccc2c1. The molecule has 2 heterocycles. The molecule has 0 radical (unpaired) electrons. The van der Waals surface area contributed by atoms with Gasteiger partial charge in [0.2, 0.25) is 0 Å². The van der Waals surface area contributed by atoms with Gasteiger partial charge in [0.1, 0.15) is 11.5 Å². The maximum absolute atomic E-state index is 13.4. The first kappa shape index (κ1) is 15.6. The lowest BCUT2D eigenvalue weighted by Gasteiger charge is -2.09. The molecule has 27 heavy (non-hydrogen) atoms. The van der Waals surface area contributed by atoms with E-state index in [1.54, 1.807) is 6.07 Å². The number of pyridine rings is 1. The predicted molar refractivity (Wildman–Crippen MR) is 106 cm³/mol. The molecule has 4 heteroatoms. The van der Waals surface area contributed by atoms with Gasteiger partial charge in [-0.3, -0.25) is 0 Å². The van der Waals surface area contributed by atoms with Crippen LogP contribution in [0.2, 0.25) is 0 Å². The van der Waals surface area contributed by atoms with Crippen molar-refractivity contribution >= 4 is 21.8 Å². The lowest BCUT2D eigenvalue weighted by Crippen LogP contribution is -1.97. The molecule has 0 fully saturated rings. The van der Waals surface area contributed by atoms with Crippen molar-refractivity contribution in [3.8, 4) is 22.8 Å². The molecule has 0 saturated carbocycles. The number of nitrogens with zero attached hydrogens (tertiary/aromatic N) is 3. The molecule has 2 aromatic heterocycles. The first-order valence-electron chi connectivity index (χ1n) is 8.67. The van der Waals surface area contributed by atoms with Crippen LogP contribution in [0, 0.1) is 5.82 Å². The Bertz CT molecular complexity index is 1280. The van der Waals surface area contributed by atoms with Gasteiger partial charge in [-0.2, -0.15) is 0 Å². The molecule has 5 aromatic rings. The van der Waals surface area contributed by atoms with E-state index in [1.165, 1.54) is 12.1 Å². The Hall–Kier alpha value is -3.66. The molecule has 5 rings (SSSR count). The molecular formula is C23H14FN3. The van der Waals surface area contributed by atoms with Gasteiger partial charge in [0, 0.05) is 16.3 Å². The number of hydrogen-bond donors (Lipinski definition) is 0. The Labute approximate surface area is 155 Å². The zero-order chi connectivity index (χ0) is 18.2. The molecular weight excluding hydrogens is 337 g/mol. The summed E-state index contributed by atoms with van der Waals surface area (Å²) in [7, 11) is 0. The molecule has 0 aliphatic carbocycles. The number of aromatic nitrogens is 3. The van der Waals surface area contributed by atoms with Crippen molar-refractivity contribution in [3.63, 3.8) is 0 Å². The highest BCUT2D eigenvalue weighted by Crippen LogP contribution is 2.29. The van der Waals surface area contributed by atoms with Crippen molar-refractivity contribution in [1.82, 2.24) is 15.0 Å². The van der Waals surface area contributed by atoms with Crippen LogP contribution in [0.1, 0.15) is 0 Å². The third kappa shape index (κ3) is 2.81. The normalized spacial score (nSPS) is 11.1. The summed E-state index contributed by atoms with van der Waals surface area (Å²) in [5, 5.41) is 1.75. The molecule has 3 nitrogen and oxygen atoms in total. The smallest absolute Gasteiger partial charge is 0.179 e. The fourth-order valence-corrected chi connectivity index (χ4v) is 3.23. The zero-order valence-corrected chi connectivity index (χ0v) is 14.3. The molecule has 0 aliphatic heterocycles. The fourth-order valence-electron chi connectivity index (χ4n) is 3.23. The van der Waals surface area contributed by atoms with Gasteiger partial charge in [-0.25, -0.2) is 19.3 Å². The Kier molecular flexibility index (Phi) is 3.61. The molecule has 0 unspecified atom stereocenters. The number of halogens is 1. The average molecular weight is 351 g/mol. The van der Waals surface area contributed by atoms with E-state index in [4.69, 9.17) is 9.97 Å². The molecule has 0 bridgehead atoms. The van der Waals surface area contributed by atoms with Crippen molar-refractivity contribution in [2.45, 2.75) is 0 Å². The van der Waals surface area contributed by atoms with Gasteiger partial charge < -0.3 is 0 Å². The number of fused-ring (bicyclic) bond motifs is 2. The molecule has 0 saturated heterocycles. The molecule has 128 valence electrons. The third-order valence-corrected chi connectivity index (χ3v) is 4.53. The highest BCUT2D eigenvalue weighted by molar-refractivity contribution is 5.93. The molecule has 3 aromatic carbocycles. The van der Waals surface area contributed by atoms with Crippen LogP contribution < -0.4 is 0 Å². The van der Waals surface area contributed by atoms with E-state index in [2.05, 4.69) is 4.98 Å². The highest BCUT2D eigenvalue weighted by atomic mass is 19.1. The van der Waals surface area contributed by atoms with Gasteiger partial charge in [-0.15, -0.1) is 0 Å². The second-order valence-corrected chi connectivity index (χ2v) is 6.31. The van der Waals surface area contributed by atoms with Gasteiger partial charge >= 0.3 is 0 Å². The van der Waals surface area contributed by atoms with Crippen LogP contribution in [0.3, 0.4) is 0 Å². The van der Waals surface area contributed by atoms with Gasteiger partial charge in [-0.1, -0.05) is 54.6 Å². The highest BCUT2D eigenvalue weighted by Gasteiger charge is 2.12. The maximum Gasteiger partial charge on any atom is 0.179 e. The molecule has 0 aliphatic rings. The first-order chi connectivity index (χ1) is 13.3. The topological polar surface area (TPSA) is 38.7 Å². The Morgan fingerprint density at radius 1 is 0.630 bits per heavy atom. The van der Waals surface area contributed by atoms with Crippen LogP contribution in [0.4, 0.5) is 4.39 Å². The summed E-state index contributed by atoms with van der Waals surface area (Å²) in [6.07, 6.45) is 0. The predicted octanol–water partition coefficient (Wildman–Crippen LogP) is 5.65. The third-order valence-electron chi connectivity index (χ3n) is 4.53.